The fourth-order valence-electron chi connectivity index (χ4n) is 2.44. The molecule has 0 bridgehead atoms. The van der Waals surface area contributed by atoms with Gasteiger partial charge in [-0.05, 0) is 36.4 Å². The molecule has 0 aliphatic rings. The van der Waals surface area contributed by atoms with Gasteiger partial charge in [-0.15, -0.1) is 0 Å². The molecule has 3 nitrogen and oxygen atoms in total. The summed E-state index contributed by atoms with van der Waals surface area (Å²) >= 11 is 0. The highest BCUT2D eigenvalue weighted by Crippen LogP contribution is 2.18. The molecular formula is C16H16FN3. The van der Waals surface area contributed by atoms with Gasteiger partial charge in [-0.3, -0.25) is 0 Å². The molecule has 20 heavy (non-hydrogen) atoms. The lowest BCUT2D eigenvalue weighted by Crippen LogP contribution is -2.11. The van der Waals surface area contributed by atoms with E-state index in [4.69, 9.17) is 5.73 Å². The maximum absolute atomic E-state index is 13.3. The first-order valence-electron chi connectivity index (χ1n) is 6.66. The van der Waals surface area contributed by atoms with Gasteiger partial charge in [-0.25, -0.2) is 9.37 Å². The zero-order valence-corrected chi connectivity index (χ0v) is 11.1. The normalized spacial score (nSPS) is 11.1. The Kier molecular flexibility index (Phi) is 3.48. The van der Waals surface area contributed by atoms with Crippen molar-refractivity contribution in [3.8, 4) is 0 Å². The number of para-hydroxylation sites is 2. The van der Waals surface area contributed by atoms with Crippen LogP contribution in [0.5, 0.6) is 0 Å². The minimum Gasteiger partial charge on any atom is -0.330 e. The van der Waals surface area contributed by atoms with Crippen LogP contribution in [0.3, 0.4) is 0 Å². The van der Waals surface area contributed by atoms with Crippen molar-refractivity contribution < 1.29 is 4.39 Å². The molecule has 0 aliphatic heterocycles. The summed E-state index contributed by atoms with van der Waals surface area (Å²) in [5.41, 5.74) is 8.59. The summed E-state index contributed by atoms with van der Waals surface area (Å²) in [6, 6.07) is 14.6. The van der Waals surface area contributed by atoms with Crippen molar-refractivity contribution >= 4 is 11.0 Å². The molecule has 1 heterocycles. The Labute approximate surface area is 116 Å². The van der Waals surface area contributed by atoms with E-state index < -0.39 is 0 Å². The van der Waals surface area contributed by atoms with Gasteiger partial charge in [-0.2, -0.15) is 0 Å². The van der Waals surface area contributed by atoms with Gasteiger partial charge in [0, 0.05) is 13.0 Å². The summed E-state index contributed by atoms with van der Waals surface area (Å²) in [4.78, 5) is 4.61. The monoisotopic (exact) mass is 269 g/mol. The zero-order chi connectivity index (χ0) is 13.9. The minimum atomic E-state index is -0.215. The molecule has 2 N–H and O–H groups in total. The van der Waals surface area contributed by atoms with Gasteiger partial charge in [0.15, 0.2) is 0 Å². The van der Waals surface area contributed by atoms with E-state index in [-0.39, 0.29) is 5.82 Å². The van der Waals surface area contributed by atoms with E-state index in [1.165, 1.54) is 6.07 Å². The molecule has 0 saturated heterocycles. The van der Waals surface area contributed by atoms with E-state index in [1.807, 2.05) is 30.3 Å². The van der Waals surface area contributed by atoms with Crippen LogP contribution in [0.25, 0.3) is 11.0 Å². The van der Waals surface area contributed by atoms with Crippen LogP contribution in [0.1, 0.15) is 11.4 Å². The summed E-state index contributed by atoms with van der Waals surface area (Å²) in [5, 5.41) is 0. The van der Waals surface area contributed by atoms with Crippen molar-refractivity contribution in [1.82, 2.24) is 9.55 Å². The lowest BCUT2D eigenvalue weighted by atomic mass is 10.2. The van der Waals surface area contributed by atoms with Crippen molar-refractivity contribution in [2.24, 2.45) is 5.73 Å². The molecule has 3 rings (SSSR count). The van der Waals surface area contributed by atoms with Crippen LogP contribution >= 0.6 is 0 Å². The molecule has 4 heteroatoms. The molecule has 0 radical (unpaired) electrons. The van der Waals surface area contributed by atoms with E-state index >= 15 is 0 Å². The maximum atomic E-state index is 13.3. The average molecular weight is 269 g/mol. The van der Waals surface area contributed by atoms with Gasteiger partial charge in [0.2, 0.25) is 0 Å². The zero-order valence-electron chi connectivity index (χ0n) is 11.1. The third-order valence-electron chi connectivity index (χ3n) is 3.33. The van der Waals surface area contributed by atoms with Crippen molar-refractivity contribution in [3.63, 3.8) is 0 Å². The van der Waals surface area contributed by atoms with E-state index in [9.17, 15) is 4.39 Å². The quantitative estimate of drug-likeness (QED) is 0.791. The van der Waals surface area contributed by atoms with Crippen molar-refractivity contribution in [3.05, 3.63) is 65.7 Å². The maximum Gasteiger partial charge on any atom is 0.123 e. The molecule has 102 valence electrons. The molecule has 0 unspecified atom stereocenters. The molecule has 0 aliphatic carbocycles. The summed E-state index contributed by atoms with van der Waals surface area (Å²) < 4.78 is 15.4. The van der Waals surface area contributed by atoms with Gasteiger partial charge < -0.3 is 10.3 Å². The van der Waals surface area contributed by atoms with Crippen LogP contribution < -0.4 is 5.73 Å². The van der Waals surface area contributed by atoms with Crippen LogP contribution in [-0.4, -0.2) is 16.1 Å². The van der Waals surface area contributed by atoms with E-state index in [2.05, 4.69) is 9.55 Å². The first-order chi connectivity index (χ1) is 9.78. The minimum absolute atomic E-state index is 0.215. The second-order valence-corrected chi connectivity index (χ2v) is 4.77. The molecule has 0 saturated carbocycles. The second kappa shape index (κ2) is 5.43. The Morgan fingerprint density at radius 3 is 2.75 bits per heavy atom. The van der Waals surface area contributed by atoms with Crippen LogP contribution in [0, 0.1) is 5.82 Å². The fraction of sp³-hybridized carbons (Fsp3) is 0.188. The number of hydrogen-bond acceptors (Lipinski definition) is 2. The Balaban J connectivity index is 2.06. The number of imidazole rings is 1. The Morgan fingerprint density at radius 1 is 1.10 bits per heavy atom. The first kappa shape index (κ1) is 12.8. The van der Waals surface area contributed by atoms with Crippen LogP contribution in [0.2, 0.25) is 0 Å². The highest BCUT2D eigenvalue weighted by atomic mass is 19.1. The van der Waals surface area contributed by atoms with Gasteiger partial charge in [0.25, 0.3) is 0 Å². The first-order valence-corrected chi connectivity index (χ1v) is 6.66. The van der Waals surface area contributed by atoms with Gasteiger partial charge in [-0.1, -0.05) is 24.3 Å². The number of nitrogens with zero attached hydrogens (tertiary/aromatic N) is 2. The number of nitrogens with two attached hydrogens (primary N) is 1. The molecule has 2 aromatic carbocycles. The lowest BCUT2D eigenvalue weighted by Gasteiger charge is -2.09. The number of halogens is 1. The number of fused-ring (bicyclic) bond motifs is 1. The van der Waals surface area contributed by atoms with Crippen LogP contribution in [-0.2, 0) is 13.0 Å². The highest BCUT2D eigenvalue weighted by Gasteiger charge is 2.10. The van der Waals surface area contributed by atoms with Crippen molar-refractivity contribution in [2.45, 2.75) is 13.0 Å². The highest BCUT2D eigenvalue weighted by molar-refractivity contribution is 5.76. The molecule has 0 atom stereocenters. The number of benzene rings is 2. The Bertz CT molecular complexity index is 733. The van der Waals surface area contributed by atoms with Crippen molar-refractivity contribution in [1.29, 1.82) is 0 Å². The third-order valence-corrected chi connectivity index (χ3v) is 3.33. The van der Waals surface area contributed by atoms with Gasteiger partial charge in [0.1, 0.15) is 11.6 Å². The summed E-state index contributed by atoms with van der Waals surface area (Å²) in [5.74, 6) is 0.727. The molecule has 0 fully saturated rings. The van der Waals surface area contributed by atoms with E-state index in [1.54, 1.807) is 12.1 Å². The predicted octanol–water partition coefficient (Wildman–Crippen LogP) is 2.72. The van der Waals surface area contributed by atoms with Crippen LogP contribution in [0.15, 0.2) is 48.5 Å². The summed E-state index contributed by atoms with van der Waals surface area (Å²) in [6.45, 7) is 1.15. The fourth-order valence-corrected chi connectivity index (χ4v) is 2.44. The molecule has 3 aromatic rings. The predicted molar refractivity (Wildman–Crippen MR) is 78.0 cm³/mol. The topological polar surface area (TPSA) is 43.8 Å². The Hall–Kier alpha value is -2.20. The largest absolute Gasteiger partial charge is 0.330 e. The third kappa shape index (κ3) is 2.42. The summed E-state index contributed by atoms with van der Waals surface area (Å²) in [7, 11) is 0. The van der Waals surface area contributed by atoms with Crippen molar-refractivity contribution in [2.75, 3.05) is 6.54 Å². The lowest BCUT2D eigenvalue weighted by molar-refractivity contribution is 0.623. The Morgan fingerprint density at radius 2 is 1.95 bits per heavy atom. The van der Waals surface area contributed by atoms with Crippen LogP contribution in [0.4, 0.5) is 4.39 Å². The van der Waals surface area contributed by atoms with Gasteiger partial charge in [0.05, 0.1) is 11.0 Å². The second-order valence-electron chi connectivity index (χ2n) is 4.77. The number of aromatic nitrogens is 2. The molecule has 0 amide bonds. The average Bonchev–Trinajstić information content (AvgIpc) is 2.78. The number of hydrogen-bond donors (Lipinski definition) is 1. The van der Waals surface area contributed by atoms with Gasteiger partial charge >= 0.3 is 0 Å². The SMILES string of the molecule is NCCc1nc2ccccc2n1Cc1cccc(F)c1. The molecule has 1 aromatic heterocycles. The number of rotatable bonds is 4. The van der Waals surface area contributed by atoms with E-state index in [0.29, 0.717) is 19.5 Å². The standard InChI is InChI=1S/C16H16FN3/c17-13-5-3-4-12(10-13)11-20-15-7-2-1-6-14(15)19-16(20)8-9-18/h1-7,10H,8-9,11,18H2. The smallest absolute Gasteiger partial charge is 0.123 e. The van der Waals surface area contributed by atoms with E-state index in [0.717, 1.165) is 22.4 Å². The molecular weight excluding hydrogens is 253 g/mol. The summed E-state index contributed by atoms with van der Waals surface area (Å²) in [6.07, 6.45) is 0.712. The molecule has 0 spiro atoms.